The lowest BCUT2D eigenvalue weighted by Gasteiger charge is -2.34. The second kappa shape index (κ2) is 15.1. The van der Waals surface area contributed by atoms with E-state index in [4.69, 9.17) is 9.72 Å². The Hall–Kier alpha value is -4.60. The highest BCUT2D eigenvalue weighted by atomic mass is 16.5. The maximum absolute atomic E-state index is 13.2. The highest BCUT2D eigenvalue weighted by Gasteiger charge is 2.22. The molecule has 0 unspecified atom stereocenters. The molecule has 3 aromatic carbocycles. The van der Waals surface area contributed by atoms with E-state index < -0.39 is 0 Å². The van der Waals surface area contributed by atoms with Crippen molar-refractivity contribution in [2.45, 2.75) is 46.5 Å². The van der Waals surface area contributed by atoms with E-state index in [0.29, 0.717) is 60.9 Å². The van der Waals surface area contributed by atoms with Crippen molar-refractivity contribution in [2.24, 2.45) is 7.05 Å². The van der Waals surface area contributed by atoms with Crippen LogP contribution in [0.3, 0.4) is 0 Å². The molecule has 2 amide bonds. The van der Waals surface area contributed by atoms with Gasteiger partial charge < -0.3 is 19.5 Å². The number of nitrogens with one attached hydrogen (secondary N) is 1. The molecule has 1 N–H and O–H groups in total. The summed E-state index contributed by atoms with van der Waals surface area (Å²) in [4.78, 5) is 48.5. The smallest absolute Gasteiger partial charge is 0.272 e. The summed E-state index contributed by atoms with van der Waals surface area (Å²) < 4.78 is 7.01. The monoisotopic (exact) mass is 649 g/mol. The number of nitrogens with zero attached hydrogens (tertiary/aromatic N) is 4. The van der Waals surface area contributed by atoms with Crippen molar-refractivity contribution in [3.05, 3.63) is 117 Å². The van der Waals surface area contributed by atoms with Gasteiger partial charge in [0.05, 0.1) is 12.3 Å². The number of piperazine rings is 1. The van der Waals surface area contributed by atoms with Crippen LogP contribution in [0, 0.1) is 6.92 Å². The van der Waals surface area contributed by atoms with E-state index in [9.17, 15) is 14.4 Å². The minimum Gasteiger partial charge on any atom is -0.380 e. The van der Waals surface area contributed by atoms with E-state index in [0.717, 1.165) is 41.9 Å². The van der Waals surface area contributed by atoms with Gasteiger partial charge in [0.1, 0.15) is 5.69 Å². The molecule has 1 fully saturated rings. The van der Waals surface area contributed by atoms with Crippen LogP contribution in [-0.2, 0) is 23.6 Å². The molecule has 0 spiro atoms. The van der Waals surface area contributed by atoms with Gasteiger partial charge in [-0.1, -0.05) is 57.2 Å². The summed E-state index contributed by atoms with van der Waals surface area (Å²) in [5.74, 6) is -0.169. The molecule has 1 saturated heterocycles. The number of hydrogen-bond acceptors (Lipinski definition) is 6. The average molecular weight is 650 g/mol. The molecule has 48 heavy (non-hydrogen) atoms. The lowest BCUT2D eigenvalue weighted by Crippen LogP contribution is -2.49. The Morgan fingerprint density at radius 3 is 2.23 bits per heavy atom. The van der Waals surface area contributed by atoms with Crippen molar-refractivity contribution >= 4 is 17.5 Å². The molecule has 1 aromatic heterocycles. The van der Waals surface area contributed by atoms with Gasteiger partial charge in [-0.3, -0.25) is 19.3 Å². The lowest BCUT2D eigenvalue weighted by atomic mass is 9.86. The summed E-state index contributed by atoms with van der Waals surface area (Å²) in [7, 11) is 1.72. The van der Waals surface area contributed by atoms with Gasteiger partial charge in [0, 0.05) is 81.4 Å². The van der Waals surface area contributed by atoms with Gasteiger partial charge in [0.25, 0.3) is 17.4 Å². The molecule has 1 aliphatic rings. The number of amides is 2. The van der Waals surface area contributed by atoms with Crippen LogP contribution in [-0.4, -0.2) is 77.1 Å². The summed E-state index contributed by atoms with van der Waals surface area (Å²) in [5.41, 5.74) is 6.51. The fourth-order valence-corrected chi connectivity index (χ4v) is 5.93. The second-order valence-corrected chi connectivity index (χ2v) is 13.5. The zero-order valence-corrected chi connectivity index (χ0v) is 29.0. The molecule has 0 bridgehead atoms. The van der Waals surface area contributed by atoms with E-state index in [1.807, 2.05) is 85.5 Å². The zero-order chi connectivity index (χ0) is 34.4. The van der Waals surface area contributed by atoms with Gasteiger partial charge in [-0.05, 0) is 66.3 Å². The van der Waals surface area contributed by atoms with Crippen molar-refractivity contribution in [2.75, 3.05) is 51.3 Å². The van der Waals surface area contributed by atoms with Crippen LogP contribution in [0.4, 0.5) is 5.69 Å². The molecule has 252 valence electrons. The first-order valence-electron chi connectivity index (χ1n) is 16.7. The minimum atomic E-state index is -0.188. The number of ether oxygens (including phenoxy) is 1. The molecular formula is C39H47N5O4. The first-order chi connectivity index (χ1) is 22.9. The van der Waals surface area contributed by atoms with E-state index in [1.54, 1.807) is 17.8 Å². The van der Waals surface area contributed by atoms with E-state index in [2.05, 4.69) is 31.0 Å². The van der Waals surface area contributed by atoms with Crippen molar-refractivity contribution < 1.29 is 14.3 Å². The fourth-order valence-electron chi connectivity index (χ4n) is 5.93. The first kappa shape index (κ1) is 34.7. The Morgan fingerprint density at radius 1 is 0.917 bits per heavy atom. The van der Waals surface area contributed by atoms with Crippen molar-refractivity contribution in [1.29, 1.82) is 0 Å². The maximum Gasteiger partial charge on any atom is 0.272 e. The lowest BCUT2D eigenvalue weighted by molar-refractivity contribution is 0.0565. The molecule has 1 aliphatic heterocycles. The van der Waals surface area contributed by atoms with Crippen LogP contribution in [0.1, 0.15) is 70.8 Å². The Kier molecular flexibility index (Phi) is 10.9. The minimum absolute atomic E-state index is 0.00441. The first-order valence-corrected chi connectivity index (χ1v) is 16.7. The SMILES string of the molecule is CCOCCN1CCN(C(=O)c2ccc(Cc3nc(-c4cccc(NC(=O)c5ccc(C(C)(C)C)cc5)c4C)cn(C)c3=O)cc2)CC1. The van der Waals surface area contributed by atoms with Gasteiger partial charge in [-0.2, -0.15) is 0 Å². The molecule has 4 aromatic rings. The van der Waals surface area contributed by atoms with Gasteiger partial charge in [-0.25, -0.2) is 4.98 Å². The Morgan fingerprint density at radius 2 is 1.58 bits per heavy atom. The summed E-state index contributed by atoms with van der Waals surface area (Å²) in [6.45, 7) is 15.7. The molecule has 0 radical (unpaired) electrons. The Bertz CT molecular complexity index is 1800. The number of aromatic nitrogens is 2. The third kappa shape index (κ3) is 8.27. The number of benzene rings is 3. The molecule has 5 rings (SSSR count). The van der Waals surface area contributed by atoms with Crippen LogP contribution in [0.25, 0.3) is 11.3 Å². The van der Waals surface area contributed by atoms with E-state index in [1.165, 1.54) is 0 Å². The van der Waals surface area contributed by atoms with Crippen molar-refractivity contribution in [3.8, 4) is 11.3 Å². The summed E-state index contributed by atoms with van der Waals surface area (Å²) >= 11 is 0. The number of carbonyl (C=O) groups excluding carboxylic acids is 2. The quantitative estimate of drug-likeness (QED) is 0.222. The molecule has 2 heterocycles. The van der Waals surface area contributed by atoms with Gasteiger partial charge in [0.2, 0.25) is 0 Å². The van der Waals surface area contributed by atoms with Crippen LogP contribution in [0.15, 0.2) is 77.7 Å². The van der Waals surface area contributed by atoms with Crippen LogP contribution < -0.4 is 10.9 Å². The van der Waals surface area contributed by atoms with Crippen molar-refractivity contribution in [3.63, 3.8) is 0 Å². The topological polar surface area (TPSA) is 96.8 Å². The Labute approximate surface area is 283 Å². The fraction of sp³-hybridized carbons (Fsp3) is 0.385. The van der Waals surface area contributed by atoms with Gasteiger partial charge in [0.15, 0.2) is 0 Å². The molecular weight excluding hydrogens is 602 g/mol. The number of carbonyl (C=O) groups is 2. The number of hydrogen-bond donors (Lipinski definition) is 1. The number of anilines is 1. The highest BCUT2D eigenvalue weighted by molar-refractivity contribution is 6.05. The predicted molar refractivity (Wildman–Crippen MR) is 191 cm³/mol. The summed E-state index contributed by atoms with van der Waals surface area (Å²) in [5, 5.41) is 3.05. The molecule has 0 saturated carbocycles. The van der Waals surface area contributed by atoms with Crippen molar-refractivity contribution in [1.82, 2.24) is 19.4 Å². The number of aryl methyl sites for hydroxylation is 1. The molecule has 0 aliphatic carbocycles. The van der Waals surface area contributed by atoms with Gasteiger partial charge >= 0.3 is 0 Å². The number of rotatable bonds is 10. The largest absolute Gasteiger partial charge is 0.380 e. The third-order valence-corrected chi connectivity index (χ3v) is 9.00. The molecule has 9 nitrogen and oxygen atoms in total. The maximum atomic E-state index is 13.2. The van der Waals surface area contributed by atoms with E-state index >= 15 is 0 Å². The predicted octanol–water partition coefficient (Wildman–Crippen LogP) is 5.69. The van der Waals surface area contributed by atoms with Crippen LogP contribution >= 0.6 is 0 Å². The second-order valence-electron chi connectivity index (χ2n) is 13.5. The summed E-state index contributed by atoms with van der Waals surface area (Å²) in [6.07, 6.45) is 2.05. The average Bonchev–Trinajstić information content (AvgIpc) is 3.08. The standard InChI is InChI=1S/C39H47N5O4/c1-7-48-24-23-43-19-21-44(22-20-43)37(46)30-13-11-28(12-14-30)25-34-38(47)42(6)26-35(40-34)32-9-8-10-33(27(32)2)41-36(45)29-15-17-31(18-16-29)39(3,4)5/h8-18,26H,7,19-25H2,1-6H3,(H,41,45). The normalized spacial score (nSPS) is 13.8. The van der Waals surface area contributed by atoms with Crippen LogP contribution in [0.2, 0.25) is 0 Å². The zero-order valence-electron chi connectivity index (χ0n) is 29.0. The third-order valence-electron chi connectivity index (χ3n) is 9.00. The van der Waals surface area contributed by atoms with E-state index in [-0.39, 0.29) is 22.8 Å². The Balaban J connectivity index is 1.28. The molecule has 9 heteroatoms. The molecule has 0 atom stereocenters. The van der Waals surface area contributed by atoms with Crippen LogP contribution in [0.5, 0.6) is 0 Å². The summed E-state index contributed by atoms with van der Waals surface area (Å²) in [6, 6.07) is 20.8. The van der Waals surface area contributed by atoms with Gasteiger partial charge in [-0.15, -0.1) is 0 Å². The highest BCUT2D eigenvalue weighted by Crippen LogP contribution is 2.28.